The quantitative estimate of drug-likeness (QED) is 0.505. The monoisotopic (exact) mass is 564 g/mol. The van der Waals surface area contributed by atoms with Crippen LogP contribution in [0.25, 0.3) is 11.0 Å². The number of para-hydroxylation sites is 2. The Morgan fingerprint density at radius 2 is 1.61 bits per heavy atom. The normalized spacial score (nSPS) is 30.9. The first-order valence-electron chi connectivity index (χ1n) is 16.0. The van der Waals surface area contributed by atoms with Crippen molar-refractivity contribution >= 4 is 22.8 Å². The summed E-state index contributed by atoms with van der Waals surface area (Å²) in [6.07, 6.45) is 14.4. The van der Waals surface area contributed by atoms with Crippen LogP contribution in [0, 0.1) is 5.92 Å². The second-order valence-corrected chi connectivity index (χ2v) is 12.8. The molecule has 4 aliphatic heterocycles. The van der Waals surface area contributed by atoms with E-state index in [1.165, 1.54) is 64.9 Å². The zero-order valence-electron chi connectivity index (χ0n) is 24.3. The van der Waals surface area contributed by atoms with Gasteiger partial charge in [0.25, 0.3) is 5.56 Å². The van der Waals surface area contributed by atoms with Crippen molar-refractivity contribution in [1.82, 2.24) is 14.5 Å². The number of fused-ring (bicyclic) bond motifs is 3. The van der Waals surface area contributed by atoms with Crippen LogP contribution in [0.1, 0.15) is 83.1 Å². The predicted octanol–water partition coefficient (Wildman–Crippen LogP) is 4.42. The Bertz CT molecular complexity index is 1300. The second kappa shape index (κ2) is 11.3. The smallest absolute Gasteiger partial charge is 0.315 e. The summed E-state index contributed by atoms with van der Waals surface area (Å²) in [6, 6.07) is 9.96. The summed E-state index contributed by atoms with van der Waals surface area (Å²) < 4.78 is 19.1. The van der Waals surface area contributed by atoms with Gasteiger partial charge in [-0.05, 0) is 50.7 Å². The zero-order chi connectivity index (χ0) is 28.0. The molecule has 0 radical (unpaired) electrons. The van der Waals surface area contributed by atoms with E-state index in [0.717, 1.165) is 23.9 Å². The maximum atomic E-state index is 14.4. The van der Waals surface area contributed by atoms with Crippen LogP contribution in [0.3, 0.4) is 0 Å². The first-order chi connectivity index (χ1) is 20.1. The van der Waals surface area contributed by atoms with Crippen molar-refractivity contribution in [3.05, 3.63) is 34.6 Å². The van der Waals surface area contributed by atoms with E-state index in [-0.39, 0.29) is 24.1 Å². The highest BCUT2D eigenvalue weighted by molar-refractivity contribution is 5.77. The number of hydrogen-bond acceptors (Lipinski definition) is 8. The van der Waals surface area contributed by atoms with Gasteiger partial charge in [0, 0.05) is 43.7 Å². The van der Waals surface area contributed by atoms with Gasteiger partial charge in [0.2, 0.25) is 0 Å². The molecule has 9 heteroatoms. The van der Waals surface area contributed by atoms with Crippen LogP contribution in [0.4, 0.5) is 5.82 Å². The van der Waals surface area contributed by atoms with Crippen LogP contribution in [-0.2, 0) is 19.0 Å². The number of benzene rings is 1. The molecule has 5 heterocycles. The van der Waals surface area contributed by atoms with Crippen molar-refractivity contribution in [3.8, 4) is 0 Å². The number of ether oxygens (including phenoxy) is 3. The fourth-order valence-electron chi connectivity index (χ4n) is 8.75. The molecule has 0 amide bonds. The molecule has 2 aromatic rings. The molecule has 7 rings (SSSR count). The fraction of sp³-hybridized carbons (Fsp3) is 0.719. The SMILES string of the molecule is COC(=O)C1CN(c2nc3ccccc3n(C3C[C@H]4CC[C@@H](C3)N4C3CCCCCCC3)c2=O)CCC12OCCO2. The van der Waals surface area contributed by atoms with Gasteiger partial charge in [0.1, 0.15) is 5.92 Å². The third kappa shape index (κ3) is 4.87. The lowest BCUT2D eigenvalue weighted by Gasteiger charge is -2.45. The lowest BCUT2D eigenvalue weighted by Crippen LogP contribution is -2.57. The first-order valence-corrected chi connectivity index (χ1v) is 16.0. The van der Waals surface area contributed by atoms with Gasteiger partial charge in [0.15, 0.2) is 11.6 Å². The molecule has 1 spiro atoms. The summed E-state index contributed by atoms with van der Waals surface area (Å²) in [5, 5.41) is 0. The molecule has 9 nitrogen and oxygen atoms in total. The molecule has 0 N–H and O–H groups in total. The number of aromatic nitrogens is 2. The van der Waals surface area contributed by atoms with Gasteiger partial charge in [0.05, 0.1) is 31.4 Å². The van der Waals surface area contributed by atoms with Crippen molar-refractivity contribution in [3.63, 3.8) is 0 Å². The van der Waals surface area contributed by atoms with Crippen LogP contribution in [0.5, 0.6) is 0 Å². The molecule has 222 valence electrons. The van der Waals surface area contributed by atoms with Crippen molar-refractivity contribution in [1.29, 1.82) is 0 Å². The molecule has 2 unspecified atom stereocenters. The van der Waals surface area contributed by atoms with E-state index < -0.39 is 11.7 Å². The van der Waals surface area contributed by atoms with Gasteiger partial charge in [-0.15, -0.1) is 0 Å². The van der Waals surface area contributed by atoms with Crippen LogP contribution < -0.4 is 10.5 Å². The summed E-state index contributed by atoms with van der Waals surface area (Å²) in [7, 11) is 1.39. The van der Waals surface area contributed by atoms with Gasteiger partial charge in [-0.25, -0.2) is 4.98 Å². The van der Waals surface area contributed by atoms with Crippen LogP contribution >= 0.6 is 0 Å². The van der Waals surface area contributed by atoms with Gasteiger partial charge in [-0.3, -0.25) is 14.5 Å². The van der Waals surface area contributed by atoms with E-state index in [9.17, 15) is 9.59 Å². The molecule has 41 heavy (non-hydrogen) atoms. The highest BCUT2D eigenvalue weighted by Gasteiger charge is 2.53. The van der Waals surface area contributed by atoms with E-state index in [0.29, 0.717) is 50.1 Å². The number of carbonyl (C=O) groups excluding carboxylic acids is 1. The lowest BCUT2D eigenvalue weighted by molar-refractivity contribution is -0.214. The number of esters is 1. The third-order valence-electron chi connectivity index (χ3n) is 10.6. The molecule has 5 fully saturated rings. The molecule has 5 aliphatic rings. The van der Waals surface area contributed by atoms with E-state index in [4.69, 9.17) is 19.2 Å². The third-order valence-corrected chi connectivity index (χ3v) is 10.6. The standard InChI is InChI=1S/C32H44N4O5/c1-39-31(38)26-21-34(16-15-32(26)40-17-18-41-32)29-30(37)36(28-12-8-7-11-27(28)33-29)25-19-23-13-14-24(20-25)35(23)22-9-5-3-2-4-6-10-22/h7-8,11-12,22-26H,2-6,9-10,13-21H2,1H3/t23-,24+,25?,26?. The Hall–Kier alpha value is -2.49. The molecule has 4 saturated heterocycles. The number of anilines is 1. The molecule has 1 aromatic carbocycles. The fourth-order valence-corrected chi connectivity index (χ4v) is 8.75. The van der Waals surface area contributed by atoms with Crippen LogP contribution in [0.15, 0.2) is 29.1 Å². The number of piperidine rings is 2. The average Bonchev–Trinajstić information content (AvgIpc) is 3.54. The summed E-state index contributed by atoms with van der Waals surface area (Å²) in [4.78, 5) is 37.0. The summed E-state index contributed by atoms with van der Waals surface area (Å²) >= 11 is 0. The van der Waals surface area contributed by atoms with Gasteiger partial charge in [-0.1, -0.05) is 44.2 Å². The number of nitrogens with zero attached hydrogens (tertiary/aromatic N) is 4. The highest BCUT2D eigenvalue weighted by Crippen LogP contribution is 2.44. The first kappa shape index (κ1) is 27.3. The Morgan fingerprint density at radius 3 is 2.32 bits per heavy atom. The Labute approximate surface area is 242 Å². The summed E-state index contributed by atoms with van der Waals surface area (Å²) in [6.45, 7) is 1.71. The van der Waals surface area contributed by atoms with Crippen molar-refractivity contribution in [2.45, 2.75) is 107 Å². The van der Waals surface area contributed by atoms with E-state index in [1.807, 2.05) is 29.2 Å². The minimum absolute atomic E-state index is 0.0553. The number of carbonyl (C=O) groups is 1. The van der Waals surface area contributed by atoms with E-state index >= 15 is 0 Å². The Morgan fingerprint density at radius 1 is 0.927 bits per heavy atom. The van der Waals surface area contributed by atoms with Gasteiger partial charge < -0.3 is 23.7 Å². The molecular weight excluding hydrogens is 520 g/mol. The zero-order valence-corrected chi connectivity index (χ0v) is 24.3. The topological polar surface area (TPSA) is 86.1 Å². The number of rotatable bonds is 4. The van der Waals surface area contributed by atoms with Gasteiger partial charge in [-0.2, -0.15) is 0 Å². The predicted molar refractivity (Wildman–Crippen MR) is 156 cm³/mol. The minimum Gasteiger partial charge on any atom is -0.469 e. The molecule has 1 aliphatic carbocycles. The maximum Gasteiger partial charge on any atom is 0.315 e. The van der Waals surface area contributed by atoms with Crippen LogP contribution in [0.2, 0.25) is 0 Å². The molecule has 1 saturated carbocycles. The molecule has 2 bridgehead atoms. The van der Waals surface area contributed by atoms with E-state index in [1.54, 1.807) is 0 Å². The molecular formula is C32H44N4O5. The summed E-state index contributed by atoms with van der Waals surface area (Å²) in [5.74, 6) is -1.59. The van der Waals surface area contributed by atoms with Crippen LogP contribution in [-0.4, -0.2) is 77.7 Å². The van der Waals surface area contributed by atoms with E-state index in [2.05, 4.69) is 9.47 Å². The average molecular weight is 565 g/mol. The summed E-state index contributed by atoms with van der Waals surface area (Å²) in [5.41, 5.74) is 1.67. The molecule has 1 aromatic heterocycles. The number of hydrogen-bond donors (Lipinski definition) is 0. The highest BCUT2D eigenvalue weighted by atomic mass is 16.7. The lowest BCUT2D eigenvalue weighted by atomic mass is 9.89. The Balaban J connectivity index is 1.20. The maximum absolute atomic E-state index is 14.4. The van der Waals surface area contributed by atoms with Gasteiger partial charge >= 0.3 is 5.97 Å². The molecule has 4 atom stereocenters. The second-order valence-electron chi connectivity index (χ2n) is 12.8. The minimum atomic E-state index is -0.984. The van der Waals surface area contributed by atoms with Crippen molar-refractivity contribution < 1.29 is 19.0 Å². The Kier molecular flexibility index (Phi) is 7.54. The number of methoxy groups -OCH3 is 1. The largest absolute Gasteiger partial charge is 0.469 e. The van der Waals surface area contributed by atoms with Crippen molar-refractivity contribution in [2.75, 3.05) is 38.3 Å². The van der Waals surface area contributed by atoms with Crippen molar-refractivity contribution in [2.24, 2.45) is 5.92 Å².